The van der Waals surface area contributed by atoms with Crippen LogP contribution in [0.25, 0.3) is 0 Å². The van der Waals surface area contributed by atoms with E-state index < -0.39 is 23.2 Å². The number of amides is 1. The molecule has 0 spiro atoms. The summed E-state index contributed by atoms with van der Waals surface area (Å²) in [7, 11) is 0. The lowest BCUT2D eigenvalue weighted by Gasteiger charge is -2.32. The van der Waals surface area contributed by atoms with Crippen molar-refractivity contribution in [2.75, 3.05) is 0 Å². The van der Waals surface area contributed by atoms with Gasteiger partial charge in [0, 0.05) is 0 Å². The van der Waals surface area contributed by atoms with Gasteiger partial charge in [-0.05, 0) is 84.7 Å². The molecule has 0 aliphatic heterocycles. The van der Waals surface area contributed by atoms with E-state index >= 15 is 0 Å². The summed E-state index contributed by atoms with van der Waals surface area (Å²) in [6, 6.07) is 0. The van der Waals surface area contributed by atoms with Crippen LogP contribution in [0.2, 0.25) is 0 Å². The predicted octanol–water partition coefficient (Wildman–Crippen LogP) is 2.85. The van der Waals surface area contributed by atoms with Crippen LogP contribution in [0.5, 0.6) is 0 Å². The third kappa shape index (κ3) is 4.48. The van der Waals surface area contributed by atoms with Gasteiger partial charge in [0.15, 0.2) is 5.54 Å². The summed E-state index contributed by atoms with van der Waals surface area (Å²) in [5, 5.41) is 12.5. The molecular formula is C14H19I2N3O4. The molecule has 7 nitrogen and oxygen atoms in total. The lowest BCUT2D eigenvalue weighted by atomic mass is 9.93. The zero-order valence-electron chi connectivity index (χ0n) is 13.1. The highest BCUT2D eigenvalue weighted by Crippen LogP contribution is 2.41. The number of carbonyl (C=O) groups excluding carboxylic acids is 1. The van der Waals surface area contributed by atoms with E-state index in [1.165, 1.54) is 0 Å². The molecule has 1 unspecified atom stereocenters. The van der Waals surface area contributed by atoms with Gasteiger partial charge in [0.25, 0.3) is 0 Å². The predicted molar refractivity (Wildman–Crippen MR) is 100 cm³/mol. The molecule has 1 aliphatic carbocycles. The Bertz CT molecular complexity index is 622. The average molecular weight is 547 g/mol. The molecule has 1 amide bonds. The molecule has 0 bridgehead atoms. The number of alkyl carbamates (subject to hydrolysis) is 1. The Morgan fingerprint density at radius 1 is 1.43 bits per heavy atom. The van der Waals surface area contributed by atoms with E-state index in [0.717, 1.165) is 20.2 Å². The number of carboxylic acid groups (broad SMARTS) is 1. The summed E-state index contributed by atoms with van der Waals surface area (Å²) in [5.74, 6) is -1.16. The van der Waals surface area contributed by atoms with Crippen LogP contribution >= 0.6 is 45.2 Å². The number of hydrogen-bond acceptors (Lipinski definition) is 4. The molecule has 1 aromatic rings. The van der Waals surface area contributed by atoms with Crippen LogP contribution in [-0.2, 0) is 16.1 Å². The van der Waals surface area contributed by atoms with Gasteiger partial charge in [0.1, 0.15) is 13.0 Å². The van der Waals surface area contributed by atoms with Gasteiger partial charge in [-0.25, -0.2) is 14.6 Å². The van der Waals surface area contributed by atoms with Crippen LogP contribution in [-0.4, -0.2) is 37.9 Å². The zero-order valence-corrected chi connectivity index (χ0v) is 17.4. The fourth-order valence-corrected chi connectivity index (χ4v) is 3.22. The van der Waals surface area contributed by atoms with E-state index in [9.17, 15) is 14.7 Å². The fourth-order valence-electron chi connectivity index (χ4n) is 2.35. The van der Waals surface area contributed by atoms with Crippen molar-refractivity contribution < 1.29 is 19.4 Å². The Hall–Kier alpha value is -0.590. The van der Waals surface area contributed by atoms with Crippen LogP contribution in [0.1, 0.15) is 33.6 Å². The van der Waals surface area contributed by atoms with Crippen molar-refractivity contribution in [1.29, 1.82) is 0 Å². The molecule has 23 heavy (non-hydrogen) atoms. The molecule has 1 aromatic heterocycles. The minimum absolute atomic E-state index is 0.108. The van der Waals surface area contributed by atoms with Crippen molar-refractivity contribution in [3.63, 3.8) is 0 Å². The van der Waals surface area contributed by atoms with Crippen molar-refractivity contribution >= 4 is 57.2 Å². The summed E-state index contributed by atoms with van der Waals surface area (Å²) in [6.45, 7) is 5.36. The van der Waals surface area contributed by atoms with E-state index in [-0.39, 0.29) is 12.5 Å². The number of ether oxygens (including phenoxy) is 1. The molecule has 1 aliphatic rings. The topological polar surface area (TPSA) is 93.5 Å². The third-order valence-electron chi connectivity index (χ3n) is 3.53. The summed E-state index contributed by atoms with van der Waals surface area (Å²) in [5.41, 5.74) is -2.07. The van der Waals surface area contributed by atoms with E-state index in [1.54, 1.807) is 31.7 Å². The number of carboxylic acids is 1. The zero-order chi connectivity index (χ0) is 17.4. The minimum atomic E-state index is -1.38. The Kier molecular flexibility index (Phi) is 5.48. The van der Waals surface area contributed by atoms with Gasteiger partial charge in [-0.1, -0.05) is 0 Å². The highest BCUT2D eigenvalue weighted by Gasteiger charge is 2.53. The number of aromatic nitrogens is 2. The number of nitrogens with zero attached hydrogens (tertiary/aromatic N) is 2. The van der Waals surface area contributed by atoms with Gasteiger partial charge < -0.3 is 19.7 Å². The number of imidazole rings is 1. The molecule has 1 heterocycles. The summed E-state index contributed by atoms with van der Waals surface area (Å²) >= 11 is 4.21. The molecule has 2 N–H and O–H groups in total. The maximum atomic E-state index is 12.2. The third-order valence-corrected chi connectivity index (χ3v) is 6.48. The number of halogens is 2. The van der Waals surface area contributed by atoms with Crippen LogP contribution in [0.3, 0.4) is 0 Å². The van der Waals surface area contributed by atoms with Gasteiger partial charge in [-0.3, -0.25) is 0 Å². The van der Waals surface area contributed by atoms with E-state index in [4.69, 9.17) is 4.74 Å². The SMILES string of the molecule is CC(C)(C)OC(=O)NC(Cn1cnc(I)c1I)(C(=O)O)C1CC1. The summed E-state index contributed by atoms with van der Waals surface area (Å²) in [6.07, 6.45) is 2.42. The first kappa shape index (κ1) is 18.7. The Morgan fingerprint density at radius 3 is 2.43 bits per heavy atom. The largest absolute Gasteiger partial charge is 0.479 e. The molecule has 1 saturated carbocycles. The fraction of sp³-hybridized carbons (Fsp3) is 0.643. The van der Waals surface area contributed by atoms with Crippen molar-refractivity contribution in [3.05, 3.63) is 13.7 Å². The smallest absolute Gasteiger partial charge is 0.408 e. The van der Waals surface area contributed by atoms with Crippen molar-refractivity contribution in [3.8, 4) is 0 Å². The molecular weight excluding hydrogens is 528 g/mol. The first-order chi connectivity index (χ1) is 10.5. The second kappa shape index (κ2) is 6.73. The summed E-state index contributed by atoms with van der Waals surface area (Å²) in [4.78, 5) is 28.4. The van der Waals surface area contributed by atoms with Gasteiger partial charge in [0.05, 0.1) is 12.9 Å². The number of aliphatic carboxylic acids is 1. The van der Waals surface area contributed by atoms with Crippen LogP contribution in [0, 0.1) is 13.3 Å². The molecule has 1 fully saturated rings. The lowest BCUT2D eigenvalue weighted by Crippen LogP contribution is -2.59. The maximum Gasteiger partial charge on any atom is 0.408 e. The van der Waals surface area contributed by atoms with Gasteiger partial charge in [-0.15, -0.1) is 0 Å². The Balaban J connectivity index is 2.27. The maximum absolute atomic E-state index is 12.2. The van der Waals surface area contributed by atoms with Crippen molar-refractivity contribution in [2.24, 2.45) is 5.92 Å². The Morgan fingerprint density at radius 2 is 2.04 bits per heavy atom. The van der Waals surface area contributed by atoms with Gasteiger partial charge in [-0.2, -0.15) is 0 Å². The highest BCUT2D eigenvalue weighted by molar-refractivity contribution is 14.1. The van der Waals surface area contributed by atoms with E-state index in [0.29, 0.717) is 0 Å². The average Bonchev–Trinajstić information content (AvgIpc) is 3.19. The first-order valence-electron chi connectivity index (χ1n) is 7.16. The number of nitrogens with one attached hydrogen (secondary N) is 1. The van der Waals surface area contributed by atoms with Gasteiger partial charge >= 0.3 is 12.1 Å². The number of hydrogen-bond donors (Lipinski definition) is 2. The second-order valence-corrected chi connectivity index (χ2v) is 8.68. The molecule has 2 rings (SSSR count). The van der Waals surface area contributed by atoms with Crippen molar-refractivity contribution in [2.45, 2.75) is 51.3 Å². The highest BCUT2D eigenvalue weighted by atomic mass is 127. The quantitative estimate of drug-likeness (QED) is 0.554. The van der Waals surface area contributed by atoms with E-state index in [1.807, 2.05) is 0 Å². The second-order valence-electron chi connectivity index (χ2n) is 6.63. The van der Waals surface area contributed by atoms with Crippen LogP contribution in [0.15, 0.2) is 6.33 Å². The number of rotatable bonds is 5. The van der Waals surface area contributed by atoms with E-state index in [2.05, 4.69) is 55.5 Å². The molecule has 0 saturated heterocycles. The molecule has 0 radical (unpaired) electrons. The number of carbonyl (C=O) groups is 2. The molecule has 0 aromatic carbocycles. The Labute approximate surface area is 161 Å². The van der Waals surface area contributed by atoms with Crippen molar-refractivity contribution in [1.82, 2.24) is 14.9 Å². The standard InChI is InChI=1S/C14H19I2N3O4/c1-13(2,3)23-12(22)18-14(11(20)21,8-4-5-8)6-19-7-17-9(15)10(19)16/h7-8H,4-6H2,1-3H3,(H,18,22)(H,20,21). The molecule has 128 valence electrons. The minimum Gasteiger partial charge on any atom is -0.479 e. The van der Waals surface area contributed by atoms with Crippen LogP contribution < -0.4 is 5.32 Å². The van der Waals surface area contributed by atoms with Crippen LogP contribution in [0.4, 0.5) is 4.79 Å². The monoisotopic (exact) mass is 547 g/mol. The lowest BCUT2D eigenvalue weighted by molar-refractivity contribution is -0.146. The molecule has 9 heteroatoms. The molecule has 1 atom stereocenters. The van der Waals surface area contributed by atoms with Gasteiger partial charge in [0.2, 0.25) is 0 Å². The summed E-state index contributed by atoms with van der Waals surface area (Å²) < 4.78 is 8.66. The normalized spacial score (nSPS) is 17.4. The first-order valence-corrected chi connectivity index (χ1v) is 9.31.